The molecule has 6 nitrogen and oxygen atoms in total. The smallest absolute Gasteiger partial charge is 0.419 e. The van der Waals surface area contributed by atoms with Gasteiger partial charge in [-0.25, -0.2) is 0 Å². The van der Waals surface area contributed by atoms with E-state index in [1.54, 1.807) is 0 Å². The van der Waals surface area contributed by atoms with Gasteiger partial charge in [0.2, 0.25) is 5.84 Å². The number of carbonyl (C=O) groups is 1. The summed E-state index contributed by atoms with van der Waals surface area (Å²) in [5.41, 5.74) is 2.16. The van der Waals surface area contributed by atoms with Crippen molar-refractivity contribution < 1.29 is 22.7 Å². The summed E-state index contributed by atoms with van der Waals surface area (Å²) in [6, 6.07) is 5.23. The lowest BCUT2D eigenvalue weighted by molar-refractivity contribution is -0.139. The third kappa shape index (κ3) is 6.83. The summed E-state index contributed by atoms with van der Waals surface area (Å²) < 4.78 is 45.1. The predicted octanol–water partition coefficient (Wildman–Crippen LogP) is 3.24. The molecule has 0 radical (unpaired) electrons. The second kappa shape index (κ2) is 10.4. The molecule has 0 spiro atoms. The normalized spacial score (nSPS) is 16.1. The molecule has 1 heterocycles. The van der Waals surface area contributed by atoms with Gasteiger partial charge in [-0.1, -0.05) is 26.0 Å². The Balaban J connectivity index is 1.98. The fourth-order valence-corrected chi connectivity index (χ4v) is 3.03. The van der Waals surface area contributed by atoms with Crippen LogP contribution < -0.4 is 15.5 Å². The SMILES string of the molecule is CNC(=O)/C(=N\NCCC(C)C)N1CCC(Oc2ccccc2C(F)(F)F)CC1. The number of benzene rings is 1. The maximum absolute atomic E-state index is 13.1. The van der Waals surface area contributed by atoms with Crippen LogP contribution in [0.3, 0.4) is 0 Å². The second-order valence-corrected chi connectivity index (χ2v) is 7.40. The van der Waals surface area contributed by atoms with E-state index >= 15 is 0 Å². The first-order valence-corrected chi connectivity index (χ1v) is 9.82. The van der Waals surface area contributed by atoms with Gasteiger partial charge < -0.3 is 20.4 Å². The van der Waals surface area contributed by atoms with Gasteiger partial charge in [0.1, 0.15) is 11.9 Å². The van der Waals surface area contributed by atoms with Crippen molar-refractivity contribution in [3.63, 3.8) is 0 Å². The molecule has 0 aromatic heterocycles. The minimum Gasteiger partial charge on any atom is -0.490 e. The van der Waals surface area contributed by atoms with Crippen LogP contribution in [0.4, 0.5) is 13.2 Å². The van der Waals surface area contributed by atoms with E-state index in [9.17, 15) is 18.0 Å². The summed E-state index contributed by atoms with van der Waals surface area (Å²) in [7, 11) is 1.54. The van der Waals surface area contributed by atoms with Crippen molar-refractivity contribution in [1.82, 2.24) is 15.6 Å². The van der Waals surface area contributed by atoms with Gasteiger partial charge >= 0.3 is 6.18 Å². The summed E-state index contributed by atoms with van der Waals surface area (Å²) >= 11 is 0. The number of amidine groups is 1. The molecule has 1 aromatic carbocycles. The molecule has 1 aliphatic rings. The number of carbonyl (C=O) groups excluding carboxylic acids is 1. The summed E-state index contributed by atoms with van der Waals surface area (Å²) in [4.78, 5) is 14.0. The number of likely N-dealkylation sites (tertiary alicyclic amines) is 1. The van der Waals surface area contributed by atoms with Crippen molar-refractivity contribution >= 4 is 11.7 Å². The molecule has 0 bridgehead atoms. The number of alkyl halides is 3. The van der Waals surface area contributed by atoms with Crippen LogP contribution in [0.2, 0.25) is 0 Å². The fourth-order valence-electron chi connectivity index (χ4n) is 3.03. The van der Waals surface area contributed by atoms with Gasteiger partial charge in [0.25, 0.3) is 5.91 Å². The van der Waals surface area contributed by atoms with E-state index in [0.717, 1.165) is 12.5 Å². The highest BCUT2D eigenvalue weighted by atomic mass is 19.4. The lowest BCUT2D eigenvalue weighted by Gasteiger charge is -2.33. The van der Waals surface area contributed by atoms with E-state index < -0.39 is 11.7 Å². The topological polar surface area (TPSA) is 66.0 Å². The number of nitrogens with one attached hydrogen (secondary N) is 2. The first kappa shape index (κ1) is 22.8. The third-order valence-electron chi connectivity index (χ3n) is 4.68. The molecule has 9 heteroatoms. The number of likely N-dealkylation sites (N-methyl/N-ethyl adjacent to an activating group) is 1. The highest BCUT2D eigenvalue weighted by molar-refractivity contribution is 6.37. The minimum absolute atomic E-state index is 0.158. The van der Waals surface area contributed by atoms with Crippen LogP contribution in [0.25, 0.3) is 0 Å². The molecular formula is C20H29F3N4O2. The average Bonchev–Trinajstić information content (AvgIpc) is 2.68. The molecule has 1 saturated heterocycles. The zero-order valence-corrected chi connectivity index (χ0v) is 17.1. The summed E-state index contributed by atoms with van der Waals surface area (Å²) in [5.74, 6) is 0.344. The van der Waals surface area contributed by atoms with E-state index in [1.165, 1.54) is 25.2 Å². The number of piperidine rings is 1. The van der Waals surface area contributed by atoms with Crippen molar-refractivity contribution in [1.29, 1.82) is 0 Å². The Morgan fingerprint density at radius 2 is 1.93 bits per heavy atom. The highest BCUT2D eigenvalue weighted by Crippen LogP contribution is 2.36. The highest BCUT2D eigenvalue weighted by Gasteiger charge is 2.35. The van der Waals surface area contributed by atoms with Crippen LogP contribution in [0.5, 0.6) is 5.75 Å². The van der Waals surface area contributed by atoms with Gasteiger partial charge in [-0.15, -0.1) is 0 Å². The number of amides is 1. The maximum atomic E-state index is 13.1. The molecule has 0 unspecified atom stereocenters. The van der Waals surface area contributed by atoms with E-state index in [1.807, 2.05) is 4.90 Å². The van der Waals surface area contributed by atoms with Crippen molar-refractivity contribution in [2.75, 3.05) is 26.7 Å². The van der Waals surface area contributed by atoms with Gasteiger partial charge in [-0.3, -0.25) is 4.79 Å². The molecular weight excluding hydrogens is 385 g/mol. The maximum Gasteiger partial charge on any atom is 0.419 e. The summed E-state index contributed by atoms with van der Waals surface area (Å²) in [5, 5.41) is 6.82. The number of para-hydroxylation sites is 1. The van der Waals surface area contributed by atoms with Crippen molar-refractivity contribution in [3.8, 4) is 5.75 Å². The van der Waals surface area contributed by atoms with Crippen LogP contribution in [-0.4, -0.2) is 49.4 Å². The number of nitrogens with zero attached hydrogens (tertiary/aromatic N) is 2. The fraction of sp³-hybridized carbons (Fsp3) is 0.600. The van der Waals surface area contributed by atoms with E-state index in [2.05, 4.69) is 29.7 Å². The van der Waals surface area contributed by atoms with Gasteiger partial charge in [0.05, 0.1) is 5.56 Å². The molecule has 1 aliphatic heterocycles. The predicted molar refractivity (Wildman–Crippen MR) is 106 cm³/mol. The number of hydrogen-bond donors (Lipinski definition) is 2. The Bertz CT molecular complexity index is 699. The average molecular weight is 414 g/mol. The number of hydrogen-bond acceptors (Lipinski definition) is 4. The Kier molecular flexibility index (Phi) is 8.16. The summed E-state index contributed by atoms with van der Waals surface area (Å²) in [6.45, 7) is 5.80. The lowest BCUT2D eigenvalue weighted by Crippen LogP contribution is -2.48. The molecule has 1 aromatic rings. The standard InChI is InChI=1S/C20H29F3N4O2/c1-14(2)8-11-25-26-18(19(28)24-3)27-12-9-15(10-13-27)29-17-7-5-4-6-16(17)20(21,22)23/h4-7,14-15,25H,8-13H2,1-3H3,(H,24,28)/b26-18+. The Hall–Kier alpha value is -2.45. The van der Waals surface area contributed by atoms with Crippen LogP contribution in [0.1, 0.15) is 38.7 Å². The van der Waals surface area contributed by atoms with Crippen LogP contribution >= 0.6 is 0 Å². The molecule has 29 heavy (non-hydrogen) atoms. The third-order valence-corrected chi connectivity index (χ3v) is 4.68. The lowest BCUT2D eigenvalue weighted by atomic mass is 10.1. The number of hydrazone groups is 1. The van der Waals surface area contributed by atoms with Gasteiger partial charge in [0.15, 0.2) is 0 Å². The van der Waals surface area contributed by atoms with E-state index in [4.69, 9.17) is 4.74 Å². The molecule has 0 aliphatic carbocycles. The summed E-state index contributed by atoms with van der Waals surface area (Å²) in [6.07, 6.45) is -2.89. The molecule has 2 N–H and O–H groups in total. The Labute approximate surface area is 169 Å². The molecule has 162 valence electrons. The monoisotopic (exact) mass is 414 g/mol. The number of halogens is 3. The number of ether oxygens (including phenoxy) is 1. The largest absolute Gasteiger partial charge is 0.490 e. The molecule has 0 atom stereocenters. The van der Waals surface area contributed by atoms with Crippen molar-refractivity contribution in [3.05, 3.63) is 29.8 Å². The Morgan fingerprint density at radius 3 is 2.52 bits per heavy atom. The molecule has 1 fully saturated rings. The van der Waals surface area contributed by atoms with Crippen LogP contribution in [0, 0.1) is 5.92 Å². The van der Waals surface area contributed by atoms with Crippen LogP contribution in [0.15, 0.2) is 29.4 Å². The molecule has 0 saturated carbocycles. The van der Waals surface area contributed by atoms with Gasteiger partial charge in [0, 0.05) is 39.5 Å². The van der Waals surface area contributed by atoms with Crippen molar-refractivity contribution in [2.24, 2.45) is 11.0 Å². The zero-order chi connectivity index (χ0) is 21.4. The van der Waals surface area contributed by atoms with Gasteiger partial charge in [-0.05, 0) is 24.5 Å². The van der Waals surface area contributed by atoms with Crippen LogP contribution in [-0.2, 0) is 11.0 Å². The molecule has 2 rings (SSSR count). The quantitative estimate of drug-likeness (QED) is 0.325. The zero-order valence-electron chi connectivity index (χ0n) is 17.1. The Morgan fingerprint density at radius 1 is 1.28 bits per heavy atom. The first-order chi connectivity index (χ1) is 13.7. The molecule has 1 amide bonds. The minimum atomic E-state index is -4.46. The van der Waals surface area contributed by atoms with Crippen molar-refractivity contribution in [2.45, 2.75) is 45.4 Å². The second-order valence-electron chi connectivity index (χ2n) is 7.40. The first-order valence-electron chi connectivity index (χ1n) is 9.82. The van der Waals surface area contributed by atoms with Gasteiger partial charge in [-0.2, -0.15) is 18.3 Å². The van der Waals surface area contributed by atoms with E-state index in [0.29, 0.717) is 38.4 Å². The van der Waals surface area contributed by atoms with E-state index in [-0.39, 0.29) is 23.6 Å². The number of rotatable bonds is 6.